The van der Waals surface area contributed by atoms with Gasteiger partial charge in [0.25, 0.3) is 0 Å². The van der Waals surface area contributed by atoms with Crippen LogP contribution in [0.3, 0.4) is 0 Å². The van der Waals surface area contributed by atoms with Crippen molar-refractivity contribution in [1.82, 2.24) is 16.0 Å². The van der Waals surface area contributed by atoms with E-state index in [2.05, 4.69) is 16.0 Å². The first-order valence-electron chi connectivity index (χ1n) is 8.66. The van der Waals surface area contributed by atoms with E-state index in [4.69, 9.17) is 4.74 Å². The number of hydrogen-bond acceptors (Lipinski definition) is 5. The second kappa shape index (κ2) is 9.13. The molecule has 0 saturated carbocycles. The number of Topliss-reactive ketones (excluding diaryl/α,β-unsaturated/α-hetero) is 1. The molecule has 138 valence electrons. The molecule has 0 aromatic carbocycles. The first-order valence-corrected chi connectivity index (χ1v) is 8.66. The first-order chi connectivity index (χ1) is 11.2. The number of hydrogen-bond donors (Lipinski definition) is 3. The Morgan fingerprint density at radius 2 is 1.83 bits per heavy atom. The molecular weight excluding hydrogens is 310 g/mol. The SMILES string of the molecule is CCC(NC(=O)CNC(=O)C(CC(C)C)NC)C(=O)C1(C)CCO1. The summed E-state index contributed by atoms with van der Waals surface area (Å²) in [5, 5.41) is 8.26. The van der Waals surface area contributed by atoms with Crippen LogP contribution in [0.4, 0.5) is 0 Å². The second-order valence-corrected chi connectivity index (χ2v) is 6.91. The fourth-order valence-corrected chi connectivity index (χ4v) is 2.69. The Hall–Kier alpha value is -1.47. The monoisotopic (exact) mass is 341 g/mol. The lowest BCUT2D eigenvalue weighted by Gasteiger charge is -2.39. The smallest absolute Gasteiger partial charge is 0.239 e. The van der Waals surface area contributed by atoms with Gasteiger partial charge in [-0.25, -0.2) is 0 Å². The van der Waals surface area contributed by atoms with Crippen LogP contribution in [-0.4, -0.2) is 55.5 Å². The van der Waals surface area contributed by atoms with Gasteiger partial charge >= 0.3 is 0 Å². The minimum absolute atomic E-state index is 0.108. The van der Waals surface area contributed by atoms with Gasteiger partial charge in [-0.15, -0.1) is 0 Å². The highest BCUT2D eigenvalue weighted by molar-refractivity contribution is 5.96. The van der Waals surface area contributed by atoms with Crippen LogP contribution in [0.15, 0.2) is 0 Å². The molecule has 3 N–H and O–H groups in total. The summed E-state index contributed by atoms with van der Waals surface area (Å²) in [7, 11) is 1.72. The van der Waals surface area contributed by atoms with E-state index < -0.39 is 11.6 Å². The molecule has 1 fully saturated rings. The van der Waals surface area contributed by atoms with Crippen molar-refractivity contribution in [3.8, 4) is 0 Å². The Bertz CT molecular complexity index is 461. The highest BCUT2D eigenvalue weighted by Gasteiger charge is 2.44. The topological polar surface area (TPSA) is 96.5 Å². The van der Waals surface area contributed by atoms with E-state index >= 15 is 0 Å². The highest BCUT2D eigenvalue weighted by Crippen LogP contribution is 2.28. The van der Waals surface area contributed by atoms with Gasteiger partial charge in [-0.2, -0.15) is 0 Å². The van der Waals surface area contributed by atoms with E-state index in [1.54, 1.807) is 14.0 Å². The minimum atomic E-state index is -0.786. The van der Waals surface area contributed by atoms with Gasteiger partial charge in [0.05, 0.1) is 25.2 Å². The van der Waals surface area contributed by atoms with E-state index in [1.165, 1.54) is 0 Å². The molecule has 0 aromatic rings. The van der Waals surface area contributed by atoms with E-state index in [1.807, 2.05) is 20.8 Å². The van der Waals surface area contributed by atoms with Gasteiger partial charge < -0.3 is 20.7 Å². The zero-order valence-electron chi connectivity index (χ0n) is 15.4. The third-order valence-electron chi connectivity index (χ3n) is 4.38. The first kappa shape index (κ1) is 20.6. The summed E-state index contributed by atoms with van der Waals surface area (Å²) in [6, 6.07) is -0.917. The predicted molar refractivity (Wildman–Crippen MR) is 91.5 cm³/mol. The molecule has 1 aliphatic rings. The molecular formula is C17H31N3O4. The molecule has 2 amide bonds. The number of likely N-dealkylation sites (N-methyl/N-ethyl adjacent to an activating group) is 1. The Morgan fingerprint density at radius 1 is 1.21 bits per heavy atom. The largest absolute Gasteiger partial charge is 0.367 e. The van der Waals surface area contributed by atoms with Gasteiger partial charge in [-0.1, -0.05) is 20.8 Å². The molecule has 3 unspecified atom stereocenters. The molecule has 0 aliphatic carbocycles. The van der Waals surface area contributed by atoms with Crippen molar-refractivity contribution in [2.24, 2.45) is 5.92 Å². The summed E-state index contributed by atoms with van der Waals surface area (Å²) in [5.74, 6) is -0.322. The molecule has 1 heterocycles. The lowest BCUT2D eigenvalue weighted by Crippen LogP contribution is -2.57. The van der Waals surface area contributed by atoms with Crippen molar-refractivity contribution in [1.29, 1.82) is 0 Å². The number of rotatable bonds is 10. The summed E-state index contributed by atoms with van der Waals surface area (Å²) >= 11 is 0. The average Bonchev–Trinajstić information content (AvgIpc) is 2.52. The van der Waals surface area contributed by atoms with Crippen LogP contribution in [0.1, 0.15) is 47.0 Å². The maximum atomic E-state index is 12.4. The van der Waals surface area contributed by atoms with Crippen LogP contribution in [0.5, 0.6) is 0 Å². The number of ketones is 1. The zero-order valence-corrected chi connectivity index (χ0v) is 15.4. The number of carbonyl (C=O) groups is 3. The lowest BCUT2D eigenvalue weighted by atomic mass is 9.87. The molecule has 24 heavy (non-hydrogen) atoms. The molecule has 0 bridgehead atoms. The molecule has 0 aromatic heterocycles. The predicted octanol–water partition coefficient (Wildman–Crippen LogP) is 0.380. The third-order valence-corrected chi connectivity index (χ3v) is 4.38. The number of amides is 2. The van der Waals surface area contributed by atoms with E-state index in [0.717, 1.165) is 0 Å². The van der Waals surface area contributed by atoms with Gasteiger partial charge in [-0.3, -0.25) is 14.4 Å². The maximum absolute atomic E-state index is 12.4. The van der Waals surface area contributed by atoms with Gasteiger partial charge in [-0.05, 0) is 32.7 Å². The van der Waals surface area contributed by atoms with Crippen LogP contribution in [0, 0.1) is 5.92 Å². The van der Waals surface area contributed by atoms with Crippen molar-refractivity contribution in [3.63, 3.8) is 0 Å². The molecule has 7 nitrogen and oxygen atoms in total. The lowest BCUT2D eigenvalue weighted by molar-refractivity contribution is -0.171. The Labute approximate surface area is 144 Å². The Kier molecular flexibility index (Phi) is 7.83. The third kappa shape index (κ3) is 5.56. The van der Waals surface area contributed by atoms with Crippen molar-refractivity contribution in [2.75, 3.05) is 20.2 Å². The average molecular weight is 341 g/mol. The van der Waals surface area contributed by atoms with Crippen LogP contribution in [-0.2, 0) is 19.1 Å². The number of nitrogens with one attached hydrogen (secondary N) is 3. The standard InChI is InChI=1S/C17H31N3O4/c1-6-12(15(22)17(4)7-8-24-17)20-14(21)10-19-16(23)13(18-5)9-11(2)3/h11-13,18H,6-10H2,1-5H3,(H,19,23)(H,20,21). The molecule has 0 spiro atoms. The van der Waals surface area contributed by atoms with Gasteiger partial charge in [0.2, 0.25) is 11.8 Å². The number of carbonyl (C=O) groups excluding carboxylic acids is 3. The van der Waals surface area contributed by atoms with Crippen LogP contribution in [0.2, 0.25) is 0 Å². The summed E-state index contributed by atoms with van der Waals surface area (Å²) in [5.41, 5.74) is -0.786. The van der Waals surface area contributed by atoms with Crippen LogP contribution < -0.4 is 16.0 Å². The normalized spacial score (nSPS) is 22.4. The molecule has 1 rings (SSSR count). The molecule has 0 radical (unpaired) electrons. The summed E-state index contributed by atoms with van der Waals surface area (Å²) in [4.78, 5) is 36.5. The Morgan fingerprint density at radius 3 is 2.25 bits per heavy atom. The van der Waals surface area contributed by atoms with Crippen LogP contribution >= 0.6 is 0 Å². The van der Waals surface area contributed by atoms with Crippen molar-refractivity contribution >= 4 is 17.6 Å². The fraction of sp³-hybridized carbons (Fsp3) is 0.824. The maximum Gasteiger partial charge on any atom is 0.239 e. The molecule has 1 saturated heterocycles. The molecule has 3 atom stereocenters. The number of ether oxygens (including phenoxy) is 1. The summed E-state index contributed by atoms with van der Waals surface area (Å²) < 4.78 is 5.35. The zero-order chi connectivity index (χ0) is 18.3. The minimum Gasteiger partial charge on any atom is -0.367 e. The summed E-state index contributed by atoms with van der Waals surface area (Å²) in [6.07, 6.45) is 1.85. The van der Waals surface area contributed by atoms with E-state index in [-0.39, 0.29) is 30.2 Å². The van der Waals surface area contributed by atoms with Crippen molar-refractivity contribution in [3.05, 3.63) is 0 Å². The Balaban J connectivity index is 2.46. The van der Waals surface area contributed by atoms with Gasteiger partial charge in [0.1, 0.15) is 5.60 Å². The molecule has 1 aliphatic heterocycles. The highest BCUT2D eigenvalue weighted by atomic mass is 16.5. The van der Waals surface area contributed by atoms with Gasteiger partial charge in [0.15, 0.2) is 5.78 Å². The second-order valence-electron chi connectivity index (χ2n) is 6.91. The fourth-order valence-electron chi connectivity index (χ4n) is 2.69. The van der Waals surface area contributed by atoms with E-state index in [9.17, 15) is 14.4 Å². The van der Waals surface area contributed by atoms with Crippen molar-refractivity contribution < 1.29 is 19.1 Å². The summed E-state index contributed by atoms with van der Waals surface area (Å²) in [6.45, 7) is 8.08. The van der Waals surface area contributed by atoms with Gasteiger partial charge in [0, 0.05) is 6.42 Å². The van der Waals surface area contributed by atoms with Crippen LogP contribution in [0.25, 0.3) is 0 Å². The molecule has 7 heteroatoms. The van der Waals surface area contributed by atoms with Crippen molar-refractivity contribution in [2.45, 2.75) is 64.6 Å². The quantitative estimate of drug-likeness (QED) is 0.534. The van der Waals surface area contributed by atoms with E-state index in [0.29, 0.717) is 31.8 Å².